The third kappa shape index (κ3) is 2.71. The Morgan fingerprint density at radius 2 is 2.05 bits per heavy atom. The van der Waals surface area contributed by atoms with Crippen LogP contribution >= 0.6 is 0 Å². The molecule has 1 heterocycles. The highest BCUT2D eigenvalue weighted by Crippen LogP contribution is 2.29. The molecule has 2 rings (SSSR count). The Hall–Kier alpha value is -1.41. The van der Waals surface area contributed by atoms with Crippen LogP contribution in [0.25, 0.3) is 0 Å². The molecule has 0 aromatic carbocycles. The van der Waals surface area contributed by atoms with Gasteiger partial charge in [-0.3, -0.25) is 5.41 Å². The molecule has 7 nitrogen and oxygen atoms in total. The Morgan fingerprint density at radius 1 is 1.45 bits per heavy atom. The second-order valence-electron chi connectivity index (χ2n) is 5.40. The van der Waals surface area contributed by atoms with Crippen LogP contribution in [0.3, 0.4) is 0 Å². The molecule has 1 aromatic rings. The summed E-state index contributed by atoms with van der Waals surface area (Å²) in [6.07, 6.45) is 5.36. The van der Waals surface area contributed by atoms with Gasteiger partial charge in [0.05, 0.1) is 5.54 Å². The van der Waals surface area contributed by atoms with Crippen molar-refractivity contribution in [3.63, 3.8) is 0 Å². The molecule has 1 aromatic heterocycles. The molecule has 1 saturated carbocycles. The Labute approximate surface area is 119 Å². The number of rotatable bonds is 4. The zero-order valence-electron chi connectivity index (χ0n) is 11.8. The maximum atomic E-state index is 12.4. The molecule has 8 heteroatoms. The van der Waals surface area contributed by atoms with Crippen LogP contribution in [0.15, 0.2) is 11.2 Å². The van der Waals surface area contributed by atoms with Crippen LogP contribution in [0.4, 0.5) is 0 Å². The van der Waals surface area contributed by atoms with Crippen LogP contribution in [-0.4, -0.2) is 29.3 Å². The number of sulfonamides is 1. The van der Waals surface area contributed by atoms with Gasteiger partial charge in [-0.2, -0.15) is 4.72 Å². The third-order valence-corrected chi connectivity index (χ3v) is 5.32. The lowest BCUT2D eigenvalue weighted by Gasteiger charge is -2.36. The van der Waals surface area contributed by atoms with E-state index in [1.165, 1.54) is 6.20 Å². The summed E-state index contributed by atoms with van der Waals surface area (Å²) in [5.41, 5.74) is 4.70. The van der Waals surface area contributed by atoms with E-state index in [0.717, 1.165) is 19.3 Å². The predicted molar refractivity (Wildman–Crippen MR) is 76.0 cm³/mol. The summed E-state index contributed by atoms with van der Waals surface area (Å²) in [7, 11) is -2.03. The van der Waals surface area contributed by atoms with E-state index in [4.69, 9.17) is 11.1 Å². The normalized spacial score (nSPS) is 18.9. The van der Waals surface area contributed by atoms with Crippen molar-refractivity contribution in [2.75, 3.05) is 0 Å². The van der Waals surface area contributed by atoms with E-state index < -0.39 is 15.6 Å². The lowest BCUT2D eigenvalue weighted by atomic mass is 9.82. The molecule has 0 saturated heterocycles. The van der Waals surface area contributed by atoms with Crippen LogP contribution < -0.4 is 10.5 Å². The molecule has 4 N–H and O–H groups in total. The van der Waals surface area contributed by atoms with Crippen LogP contribution in [-0.2, 0) is 17.1 Å². The van der Waals surface area contributed by atoms with Crippen LogP contribution in [0.1, 0.15) is 37.9 Å². The monoisotopic (exact) mass is 299 g/mol. The van der Waals surface area contributed by atoms with Gasteiger partial charge in [0.25, 0.3) is 10.0 Å². The summed E-state index contributed by atoms with van der Waals surface area (Å²) in [6.45, 7) is 1.74. The van der Waals surface area contributed by atoms with Crippen molar-refractivity contribution in [2.24, 2.45) is 12.8 Å². The highest BCUT2D eigenvalue weighted by molar-refractivity contribution is 7.89. The van der Waals surface area contributed by atoms with E-state index in [9.17, 15) is 8.42 Å². The maximum Gasteiger partial charge on any atom is 0.260 e. The van der Waals surface area contributed by atoms with Crippen molar-refractivity contribution in [3.05, 3.63) is 12.0 Å². The smallest absolute Gasteiger partial charge is 0.260 e. The molecule has 20 heavy (non-hydrogen) atoms. The largest absolute Gasteiger partial charge is 0.386 e. The zero-order valence-corrected chi connectivity index (χ0v) is 12.6. The van der Waals surface area contributed by atoms with Crippen molar-refractivity contribution in [1.29, 1.82) is 5.41 Å². The standard InChI is InChI=1S/C12H21N5O2S/c1-9-15-10(8-17(9)2)20(18,19)16-12(11(13)14)6-4-3-5-7-12/h8,16H,3-7H2,1-2H3,(H3,13,14). The molecule has 1 fully saturated rings. The maximum absolute atomic E-state index is 12.4. The van der Waals surface area contributed by atoms with Gasteiger partial charge in [-0.05, 0) is 19.8 Å². The second kappa shape index (κ2) is 5.17. The molecule has 0 spiro atoms. The van der Waals surface area contributed by atoms with E-state index >= 15 is 0 Å². The lowest BCUT2D eigenvalue weighted by Crippen LogP contribution is -2.58. The fraction of sp³-hybridized carbons (Fsp3) is 0.667. The van der Waals surface area contributed by atoms with Crippen LogP contribution in [0.5, 0.6) is 0 Å². The molecular formula is C12H21N5O2S. The molecule has 1 aliphatic rings. The summed E-state index contributed by atoms with van der Waals surface area (Å²) >= 11 is 0. The number of nitrogens with one attached hydrogen (secondary N) is 2. The topological polar surface area (TPSA) is 114 Å². The first-order valence-electron chi connectivity index (χ1n) is 6.65. The first-order chi connectivity index (χ1) is 9.27. The molecule has 1 aliphatic carbocycles. The highest BCUT2D eigenvalue weighted by atomic mass is 32.2. The second-order valence-corrected chi connectivity index (χ2v) is 7.03. The van der Waals surface area contributed by atoms with Crippen LogP contribution in [0, 0.1) is 12.3 Å². The Bertz CT molecular complexity index is 594. The fourth-order valence-corrected chi connectivity index (χ4v) is 4.03. The fourth-order valence-electron chi connectivity index (χ4n) is 2.55. The molecule has 112 valence electrons. The average molecular weight is 299 g/mol. The number of amidine groups is 1. The van der Waals surface area contributed by atoms with Gasteiger partial charge in [0.1, 0.15) is 11.7 Å². The number of imidazole rings is 1. The Kier molecular flexibility index (Phi) is 3.88. The first kappa shape index (κ1) is 15.0. The van der Waals surface area contributed by atoms with E-state index in [-0.39, 0.29) is 10.9 Å². The quantitative estimate of drug-likeness (QED) is 0.559. The van der Waals surface area contributed by atoms with Crippen molar-refractivity contribution in [2.45, 2.75) is 49.6 Å². The Balaban J connectivity index is 2.32. The number of nitrogens with zero attached hydrogens (tertiary/aromatic N) is 2. The van der Waals surface area contributed by atoms with Crippen molar-refractivity contribution in [1.82, 2.24) is 14.3 Å². The number of aryl methyl sites for hydroxylation is 2. The van der Waals surface area contributed by atoms with E-state index in [1.807, 2.05) is 0 Å². The number of nitrogens with two attached hydrogens (primary N) is 1. The number of hydrogen-bond acceptors (Lipinski definition) is 4. The van der Waals surface area contributed by atoms with Gasteiger partial charge in [-0.25, -0.2) is 13.4 Å². The van der Waals surface area contributed by atoms with Gasteiger partial charge in [0.15, 0.2) is 5.03 Å². The molecule has 0 amide bonds. The van der Waals surface area contributed by atoms with Gasteiger partial charge < -0.3 is 10.3 Å². The molecule has 0 unspecified atom stereocenters. The van der Waals surface area contributed by atoms with Crippen molar-refractivity contribution < 1.29 is 8.42 Å². The molecule has 0 aliphatic heterocycles. The SMILES string of the molecule is Cc1nc(S(=O)(=O)NC2(C(=N)N)CCCCC2)cn1C. The minimum absolute atomic E-state index is 0.0244. The van der Waals surface area contributed by atoms with Crippen LogP contribution in [0.2, 0.25) is 0 Å². The van der Waals surface area contributed by atoms with E-state index in [2.05, 4.69) is 9.71 Å². The molecule has 0 atom stereocenters. The predicted octanol–water partition coefficient (Wildman–Crippen LogP) is 0.646. The first-order valence-corrected chi connectivity index (χ1v) is 8.14. The third-order valence-electron chi connectivity index (χ3n) is 3.91. The minimum Gasteiger partial charge on any atom is -0.386 e. The summed E-state index contributed by atoms with van der Waals surface area (Å²) in [4.78, 5) is 4.04. The number of hydrogen-bond donors (Lipinski definition) is 3. The van der Waals surface area contributed by atoms with Gasteiger partial charge in [0.2, 0.25) is 0 Å². The van der Waals surface area contributed by atoms with Gasteiger partial charge >= 0.3 is 0 Å². The summed E-state index contributed by atoms with van der Waals surface area (Å²) in [5, 5.41) is 7.73. The lowest BCUT2D eigenvalue weighted by molar-refractivity contribution is 0.348. The number of aromatic nitrogens is 2. The Morgan fingerprint density at radius 3 is 2.50 bits per heavy atom. The molecule has 0 radical (unpaired) electrons. The van der Waals surface area contributed by atoms with Crippen molar-refractivity contribution >= 4 is 15.9 Å². The van der Waals surface area contributed by atoms with Crippen molar-refractivity contribution in [3.8, 4) is 0 Å². The zero-order chi connectivity index (χ0) is 15.0. The summed E-state index contributed by atoms with van der Waals surface area (Å²) in [6, 6.07) is 0. The molecule has 0 bridgehead atoms. The van der Waals surface area contributed by atoms with E-state index in [0.29, 0.717) is 18.7 Å². The summed E-state index contributed by atoms with van der Waals surface area (Å²) < 4.78 is 29.1. The summed E-state index contributed by atoms with van der Waals surface area (Å²) in [5.74, 6) is 0.499. The highest BCUT2D eigenvalue weighted by Gasteiger charge is 2.40. The average Bonchev–Trinajstić information content (AvgIpc) is 2.71. The van der Waals surface area contributed by atoms with Gasteiger partial charge in [-0.15, -0.1) is 0 Å². The minimum atomic E-state index is -3.77. The molecular weight excluding hydrogens is 278 g/mol. The van der Waals surface area contributed by atoms with Gasteiger partial charge in [0, 0.05) is 13.2 Å². The van der Waals surface area contributed by atoms with E-state index in [1.54, 1.807) is 18.5 Å². The van der Waals surface area contributed by atoms with Gasteiger partial charge in [-0.1, -0.05) is 19.3 Å².